The van der Waals surface area contributed by atoms with Crippen LogP contribution in [0.25, 0.3) is 22.5 Å². The number of carbonyl (C=O) groups is 2. The van der Waals surface area contributed by atoms with Gasteiger partial charge in [-0.1, -0.05) is 13.5 Å². The summed E-state index contributed by atoms with van der Waals surface area (Å²) in [5, 5.41) is 19.3. The van der Waals surface area contributed by atoms with E-state index in [0.717, 1.165) is 29.0 Å². The number of aryl methyl sites for hydroxylation is 4. The number of halogens is 2. The first-order valence-electron chi connectivity index (χ1n) is 14.2. The van der Waals surface area contributed by atoms with Gasteiger partial charge in [-0.05, 0) is 64.1 Å². The van der Waals surface area contributed by atoms with E-state index in [2.05, 4.69) is 25.5 Å². The Morgan fingerprint density at radius 3 is 1.64 bits per heavy atom. The van der Waals surface area contributed by atoms with Crippen LogP contribution in [0, 0.1) is 25.5 Å². The van der Waals surface area contributed by atoms with Crippen molar-refractivity contribution in [2.75, 3.05) is 18.5 Å². The molecule has 248 valence electrons. The molecule has 4 heterocycles. The molecule has 1 aromatic carbocycles. The number of anilines is 1. The molecule has 0 radical (unpaired) electrons. The fourth-order valence-corrected chi connectivity index (χ4v) is 4.52. The zero-order valence-corrected chi connectivity index (χ0v) is 26.1. The van der Waals surface area contributed by atoms with Crippen molar-refractivity contribution in [2.24, 2.45) is 14.1 Å². The summed E-state index contributed by atoms with van der Waals surface area (Å²) >= 11 is 0. The van der Waals surface area contributed by atoms with E-state index >= 15 is 0 Å². The van der Waals surface area contributed by atoms with Crippen molar-refractivity contribution < 1.29 is 33.0 Å². The minimum atomic E-state index is -1.04. The Morgan fingerprint density at radius 2 is 1.23 bits per heavy atom. The van der Waals surface area contributed by atoms with Crippen molar-refractivity contribution in [1.82, 2.24) is 29.5 Å². The molecular weight excluding hydrogens is 612 g/mol. The summed E-state index contributed by atoms with van der Waals surface area (Å²) in [5.74, 6) is -2.40. The largest absolute Gasteiger partial charge is 0.478 e. The van der Waals surface area contributed by atoms with Crippen LogP contribution in [-0.2, 0) is 14.1 Å². The lowest BCUT2D eigenvalue weighted by Gasteiger charge is -2.08. The number of nitrogens with zero attached hydrogens (tertiary/aromatic N) is 6. The third-order valence-corrected chi connectivity index (χ3v) is 6.67. The van der Waals surface area contributed by atoms with Gasteiger partial charge in [-0.2, -0.15) is 10.2 Å². The van der Waals surface area contributed by atoms with Gasteiger partial charge in [-0.25, -0.2) is 23.5 Å². The van der Waals surface area contributed by atoms with Gasteiger partial charge in [-0.15, -0.1) is 0 Å². The van der Waals surface area contributed by atoms with Gasteiger partial charge in [0.15, 0.2) is 11.4 Å². The summed E-state index contributed by atoms with van der Waals surface area (Å²) in [6.07, 6.45) is 0. The SMILES string of the molecule is C.CCOc1ccc(-c2cc(C(=O)Nc3c(F)cccc3F)nn2C)c(C)n1.CCOc1ccc(-c2cc(C(=O)O)nn2C)c(C)n1. The Labute approximate surface area is 271 Å². The minimum absolute atomic E-state index is 0. The summed E-state index contributed by atoms with van der Waals surface area (Å²) in [6.45, 7) is 8.50. The summed E-state index contributed by atoms with van der Waals surface area (Å²) in [4.78, 5) is 32.0. The van der Waals surface area contributed by atoms with Crippen molar-refractivity contribution in [2.45, 2.75) is 35.1 Å². The van der Waals surface area contributed by atoms with Crippen LogP contribution in [0.15, 0.2) is 54.6 Å². The van der Waals surface area contributed by atoms with Crippen LogP contribution in [0.2, 0.25) is 0 Å². The summed E-state index contributed by atoms with van der Waals surface area (Å²) in [5.41, 5.74) is 3.98. The second-order valence-corrected chi connectivity index (χ2v) is 9.86. The topological polar surface area (TPSA) is 146 Å². The first kappa shape index (κ1) is 35.8. The van der Waals surface area contributed by atoms with E-state index < -0.39 is 29.2 Å². The van der Waals surface area contributed by atoms with Crippen LogP contribution in [0.5, 0.6) is 11.8 Å². The Kier molecular flexibility index (Phi) is 11.9. The van der Waals surface area contributed by atoms with Gasteiger partial charge < -0.3 is 19.9 Å². The molecular formula is C33H37F2N7O5. The molecule has 0 atom stereocenters. The van der Waals surface area contributed by atoms with E-state index in [9.17, 15) is 18.4 Å². The van der Waals surface area contributed by atoms with Gasteiger partial charge >= 0.3 is 5.97 Å². The number of hydrogen-bond donors (Lipinski definition) is 2. The molecule has 0 saturated heterocycles. The molecule has 0 aliphatic heterocycles. The zero-order valence-electron chi connectivity index (χ0n) is 26.1. The molecule has 14 heteroatoms. The summed E-state index contributed by atoms with van der Waals surface area (Å²) in [7, 11) is 3.38. The molecule has 0 aliphatic rings. The number of carboxylic acid groups (broad SMARTS) is 1. The fraction of sp³-hybridized carbons (Fsp3) is 0.273. The highest BCUT2D eigenvalue weighted by Gasteiger charge is 2.19. The number of pyridine rings is 2. The summed E-state index contributed by atoms with van der Waals surface area (Å²) < 4.78 is 41.2. The van der Waals surface area contributed by atoms with Crippen LogP contribution in [0.4, 0.5) is 14.5 Å². The first-order chi connectivity index (χ1) is 21.9. The van der Waals surface area contributed by atoms with Crippen molar-refractivity contribution >= 4 is 17.6 Å². The van der Waals surface area contributed by atoms with Crippen molar-refractivity contribution in [3.63, 3.8) is 0 Å². The predicted octanol–water partition coefficient (Wildman–Crippen LogP) is 6.24. The van der Waals surface area contributed by atoms with Crippen LogP contribution in [0.1, 0.15) is 53.6 Å². The number of aromatic nitrogens is 6. The highest BCUT2D eigenvalue weighted by atomic mass is 19.1. The van der Waals surface area contributed by atoms with Gasteiger partial charge in [0.25, 0.3) is 5.91 Å². The highest BCUT2D eigenvalue weighted by molar-refractivity contribution is 6.03. The molecule has 5 rings (SSSR count). The number of hydrogen-bond acceptors (Lipinski definition) is 8. The Hall–Kier alpha value is -5.66. The smallest absolute Gasteiger partial charge is 0.356 e. The monoisotopic (exact) mass is 649 g/mol. The Balaban J connectivity index is 0.000000265. The van der Waals surface area contributed by atoms with Gasteiger partial charge in [0, 0.05) is 37.4 Å². The second-order valence-electron chi connectivity index (χ2n) is 9.86. The molecule has 0 spiro atoms. The van der Waals surface area contributed by atoms with Crippen molar-refractivity contribution in [3.05, 3.63) is 89.0 Å². The van der Waals surface area contributed by atoms with E-state index in [4.69, 9.17) is 14.6 Å². The lowest BCUT2D eigenvalue weighted by Crippen LogP contribution is -2.15. The predicted molar refractivity (Wildman–Crippen MR) is 173 cm³/mol. The maximum absolute atomic E-state index is 13.7. The molecule has 0 saturated carbocycles. The van der Waals surface area contributed by atoms with E-state index in [1.807, 2.05) is 39.8 Å². The van der Waals surface area contributed by atoms with Gasteiger partial charge in [0.1, 0.15) is 17.3 Å². The average Bonchev–Trinajstić information content (AvgIpc) is 3.58. The van der Waals surface area contributed by atoms with Crippen LogP contribution in [0.3, 0.4) is 0 Å². The Morgan fingerprint density at radius 1 is 0.787 bits per heavy atom. The average molecular weight is 650 g/mol. The van der Waals surface area contributed by atoms with Crippen molar-refractivity contribution in [1.29, 1.82) is 0 Å². The third kappa shape index (κ3) is 8.34. The number of carbonyl (C=O) groups excluding carboxylic acids is 1. The lowest BCUT2D eigenvalue weighted by molar-refractivity contribution is 0.0689. The number of rotatable bonds is 9. The standard InChI is InChI=1S/C19H18F2N4O2.C13H15N3O3.CH4/c1-4-27-17-9-8-12(11(2)22-17)16-10-15(24-25(16)3)19(26)23-18-13(20)6-5-7-14(18)21;1-4-19-12-6-5-9(8(2)14-12)11-7-10(13(17)18)15-16(11)3;/h5-10H,4H2,1-3H3,(H,23,26);5-7H,4H2,1-3H3,(H,17,18);1H4. The lowest BCUT2D eigenvalue weighted by atomic mass is 10.1. The van der Waals surface area contributed by atoms with Gasteiger partial charge in [0.05, 0.1) is 36.0 Å². The molecule has 0 aliphatic carbocycles. The first-order valence-corrected chi connectivity index (χ1v) is 14.2. The number of para-hydroxylation sites is 1. The van der Waals surface area contributed by atoms with Crippen LogP contribution < -0.4 is 14.8 Å². The van der Waals surface area contributed by atoms with Crippen LogP contribution >= 0.6 is 0 Å². The maximum Gasteiger partial charge on any atom is 0.356 e. The molecule has 1 amide bonds. The molecule has 4 aromatic heterocycles. The molecule has 0 unspecified atom stereocenters. The van der Waals surface area contributed by atoms with Gasteiger partial charge in [-0.3, -0.25) is 14.2 Å². The fourth-order valence-electron chi connectivity index (χ4n) is 4.52. The number of aromatic carboxylic acids is 1. The minimum Gasteiger partial charge on any atom is -0.478 e. The van der Waals surface area contributed by atoms with Crippen molar-refractivity contribution in [3.8, 4) is 34.3 Å². The molecule has 5 aromatic rings. The number of ether oxygens (including phenoxy) is 2. The van der Waals surface area contributed by atoms with Crippen LogP contribution in [-0.4, -0.2) is 59.7 Å². The van der Waals surface area contributed by atoms with E-state index in [-0.39, 0.29) is 18.8 Å². The molecule has 0 fully saturated rings. The zero-order chi connectivity index (χ0) is 33.5. The van der Waals surface area contributed by atoms with E-state index in [0.29, 0.717) is 42.1 Å². The molecule has 12 nitrogen and oxygen atoms in total. The highest BCUT2D eigenvalue weighted by Crippen LogP contribution is 2.27. The molecule has 2 N–H and O–H groups in total. The van der Waals surface area contributed by atoms with E-state index in [1.165, 1.54) is 21.5 Å². The van der Waals surface area contributed by atoms with E-state index in [1.54, 1.807) is 32.3 Å². The number of benzene rings is 1. The Bertz CT molecular complexity index is 1870. The number of carboxylic acids is 1. The summed E-state index contributed by atoms with van der Waals surface area (Å²) in [6, 6.07) is 13.6. The number of amides is 1. The molecule has 0 bridgehead atoms. The normalized spacial score (nSPS) is 10.4. The molecule has 47 heavy (non-hydrogen) atoms. The van der Waals surface area contributed by atoms with Gasteiger partial charge in [0.2, 0.25) is 11.8 Å². The number of nitrogens with one attached hydrogen (secondary N) is 1. The maximum atomic E-state index is 13.7. The quantitative estimate of drug-likeness (QED) is 0.189. The third-order valence-electron chi connectivity index (χ3n) is 6.67. The second kappa shape index (κ2) is 15.6.